The van der Waals surface area contributed by atoms with Gasteiger partial charge in [-0.05, 0) is 37.3 Å². The number of nitrogens with one attached hydrogen (secondary N) is 1. The highest BCUT2D eigenvalue weighted by Gasteiger charge is 2.43. The molecule has 4 atom stereocenters. The average molecular weight is 437 g/mol. The molecule has 0 radical (unpaired) electrons. The van der Waals surface area contributed by atoms with Gasteiger partial charge >= 0.3 is 0 Å². The number of hydrogen-bond acceptors (Lipinski definition) is 5. The molecular weight excluding hydrogens is 408 g/mol. The topological polar surface area (TPSA) is 88.1 Å². The lowest BCUT2D eigenvalue weighted by Crippen LogP contribution is -2.57. The molecule has 2 N–H and O–H groups in total. The summed E-state index contributed by atoms with van der Waals surface area (Å²) in [6.07, 6.45) is 2.35. The number of amides is 2. The summed E-state index contributed by atoms with van der Waals surface area (Å²) in [7, 11) is 0. The number of aliphatic hydroxyl groups excluding tert-OH is 1. The van der Waals surface area contributed by atoms with E-state index in [4.69, 9.17) is 21.1 Å². The van der Waals surface area contributed by atoms with Crippen molar-refractivity contribution in [2.75, 3.05) is 19.8 Å². The van der Waals surface area contributed by atoms with Crippen molar-refractivity contribution in [1.82, 2.24) is 10.2 Å². The highest BCUT2D eigenvalue weighted by atomic mass is 35.5. The second-order valence-electron chi connectivity index (χ2n) is 8.47. The molecule has 30 heavy (non-hydrogen) atoms. The molecule has 4 rings (SSSR count). The van der Waals surface area contributed by atoms with Crippen LogP contribution in [-0.2, 0) is 25.6 Å². The van der Waals surface area contributed by atoms with Crippen molar-refractivity contribution >= 4 is 23.4 Å². The van der Waals surface area contributed by atoms with Crippen molar-refractivity contribution in [3.05, 3.63) is 34.9 Å². The number of carbonyl (C=O) groups is 2. The van der Waals surface area contributed by atoms with E-state index in [2.05, 4.69) is 5.32 Å². The zero-order valence-electron chi connectivity index (χ0n) is 17.0. The normalized spacial score (nSPS) is 29.5. The Morgan fingerprint density at radius 3 is 2.73 bits per heavy atom. The fourth-order valence-electron chi connectivity index (χ4n) is 4.27. The third-order valence-corrected chi connectivity index (χ3v) is 6.41. The van der Waals surface area contributed by atoms with E-state index in [0.717, 1.165) is 24.8 Å². The van der Waals surface area contributed by atoms with Crippen molar-refractivity contribution < 1.29 is 24.2 Å². The van der Waals surface area contributed by atoms with Crippen LogP contribution in [0.15, 0.2) is 24.3 Å². The molecule has 2 aliphatic heterocycles. The smallest absolute Gasteiger partial charge is 0.226 e. The van der Waals surface area contributed by atoms with Gasteiger partial charge in [0.15, 0.2) is 0 Å². The van der Waals surface area contributed by atoms with E-state index in [1.165, 1.54) is 0 Å². The minimum Gasteiger partial charge on any atom is -0.389 e. The molecule has 0 aromatic heterocycles. The van der Waals surface area contributed by atoms with E-state index in [9.17, 15) is 14.7 Å². The molecule has 1 aromatic rings. The Labute approximate surface area is 181 Å². The van der Waals surface area contributed by atoms with Gasteiger partial charge in [0.05, 0.1) is 37.9 Å². The Hall–Kier alpha value is -1.67. The maximum atomic E-state index is 12.8. The van der Waals surface area contributed by atoms with Crippen LogP contribution in [0.1, 0.15) is 37.7 Å². The van der Waals surface area contributed by atoms with Gasteiger partial charge in [0.25, 0.3) is 0 Å². The number of benzene rings is 1. The largest absolute Gasteiger partial charge is 0.389 e. The lowest BCUT2D eigenvalue weighted by molar-refractivity contribution is -0.170. The van der Waals surface area contributed by atoms with Crippen LogP contribution < -0.4 is 5.32 Å². The van der Waals surface area contributed by atoms with E-state index < -0.39 is 6.10 Å². The van der Waals surface area contributed by atoms with Crippen LogP contribution in [0.5, 0.6) is 0 Å². The summed E-state index contributed by atoms with van der Waals surface area (Å²) in [6, 6.07) is 7.31. The van der Waals surface area contributed by atoms with Crippen molar-refractivity contribution in [1.29, 1.82) is 0 Å². The van der Waals surface area contributed by atoms with Gasteiger partial charge in [-0.15, -0.1) is 0 Å². The molecule has 0 bridgehead atoms. The number of hydrogen-bond donors (Lipinski definition) is 2. The van der Waals surface area contributed by atoms with Crippen LogP contribution in [0.2, 0.25) is 5.02 Å². The summed E-state index contributed by atoms with van der Waals surface area (Å²) in [6.45, 7) is 1.16. The number of halogens is 1. The van der Waals surface area contributed by atoms with Crippen LogP contribution in [0, 0.1) is 5.92 Å². The van der Waals surface area contributed by atoms with E-state index in [-0.39, 0.29) is 55.6 Å². The molecule has 2 saturated heterocycles. The number of rotatable bonds is 5. The molecule has 164 valence electrons. The fraction of sp³-hybridized carbons (Fsp3) is 0.636. The third kappa shape index (κ3) is 5.32. The van der Waals surface area contributed by atoms with E-state index in [1.807, 2.05) is 23.1 Å². The predicted molar refractivity (Wildman–Crippen MR) is 111 cm³/mol. The van der Waals surface area contributed by atoms with Crippen LogP contribution in [0.25, 0.3) is 0 Å². The molecule has 1 aromatic carbocycles. The second-order valence-corrected chi connectivity index (χ2v) is 8.88. The zero-order chi connectivity index (χ0) is 21.1. The van der Waals surface area contributed by atoms with Crippen LogP contribution >= 0.6 is 11.6 Å². The van der Waals surface area contributed by atoms with E-state index in [0.29, 0.717) is 24.6 Å². The minimum absolute atomic E-state index is 0.0894. The third-order valence-electron chi connectivity index (χ3n) is 6.04. The van der Waals surface area contributed by atoms with Gasteiger partial charge in [0, 0.05) is 24.0 Å². The number of fused-ring (bicyclic) bond motifs is 1. The van der Waals surface area contributed by atoms with Gasteiger partial charge in [0.1, 0.15) is 6.10 Å². The quantitative estimate of drug-likeness (QED) is 0.736. The number of β-amino-alcohol motifs (C(OH)–C–C–N with tert-alkyl or cyclic N) is 1. The number of aliphatic hydroxyl groups is 1. The lowest BCUT2D eigenvalue weighted by atomic mass is 9.94. The highest BCUT2D eigenvalue weighted by Crippen LogP contribution is 2.35. The first-order valence-corrected chi connectivity index (χ1v) is 11.1. The molecule has 7 nitrogen and oxygen atoms in total. The SMILES string of the molecule is O=C(C[C@H]1CC[C@H]2[C@@H](COC[C@@H](O)CN2C(=O)C2CC2)O1)NCc1ccccc1Cl. The van der Waals surface area contributed by atoms with Crippen molar-refractivity contribution in [3.63, 3.8) is 0 Å². The Morgan fingerprint density at radius 1 is 1.17 bits per heavy atom. The van der Waals surface area contributed by atoms with Crippen molar-refractivity contribution in [3.8, 4) is 0 Å². The van der Waals surface area contributed by atoms with Gasteiger partial charge in [-0.2, -0.15) is 0 Å². The molecule has 3 fully saturated rings. The van der Waals surface area contributed by atoms with Gasteiger partial charge in [-0.3, -0.25) is 9.59 Å². The highest BCUT2D eigenvalue weighted by molar-refractivity contribution is 6.31. The van der Waals surface area contributed by atoms with Crippen molar-refractivity contribution in [2.45, 2.75) is 63.0 Å². The van der Waals surface area contributed by atoms with E-state index in [1.54, 1.807) is 6.07 Å². The summed E-state index contributed by atoms with van der Waals surface area (Å²) in [5.41, 5.74) is 0.873. The molecule has 3 aliphatic rings. The first kappa shape index (κ1) is 21.6. The summed E-state index contributed by atoms with van der Waals surface area (Å²) in [4.78, 5) is 27.0. The molecule has 1 saturated carbocycles. The maximum absolute atomic E-state index is 12.8. The Bertz CT molecular complexity index is 772. The fourth-order valence-corrected chi connectivity index (χ4v) is 4.48. The number of ether oxygens (including phenoxy) is 2. The standard InChI is InChI=1S/C22H29ClN2O5/c23-18-4-2-1-3-15(18)10-24-21(27)9-17-7-8-19-20(30-17)13-29-12-16(26)11-25(19)22(28)14-5-6-14/h1-4,14,16-17,19-20,26H,5-13H2,(H,24,27)/t16-,17+,19-,20+/m0/s1. The number of nitrogens with zero attached hydrogens (tertiary/aromatic N) is 1. The number of carbonyl (C=O) groups excluding carboxylic acids is 2. The first-order chi connectivity index (χ1) is 14.5. The predicted octanol–water partition coefficient (Wildman–Crippen LogP) is 1.89. The van der Waals surface area contributed by atoms with Gasteiger partial charge < -0.3 is 24.8 Å². The first-order valence-electron chi connectivity index (χ1n) is 10.7. The summed E-state index contributed by atoms with van der Waals surface area (Å²) >= 11 is 6.14. The monoisotopic (exact) mass is 436 g/mol. The van der Waals surface area contributed by atoms with Crippen LogP contribution in [0.3, 0.4) is 0 Å². The Kier molecular flexibility index (Phi) is 6.93. The maximum Gasteiger partial charge on any atom is 0.226 e. The Morgan fingerprint density at radius 2 is 1.97 bits per heavy atom. The summed E-state index contributed by atoms with van der Waals surface area (Å²) in [5, 5.41) is 13.7. The molecule has 0 unspecified atom stereocenters. The van der Waals surface area contributed by atoms with Crippen LogP contribution in [-0.4, -0.2) is 65.9 Å². The van der Waals surface area contributed by atoms with Gasteiger partial charge in [-0.25, -0.2) is 0 Å². The van der Waals surface area contributed by atoms with Gasteiger partial charge in [0.2, 0.25) is 11.8 Å². The average Bonchev–Trinajstić information content (AvgIpc) is 3.55. The summed E-state index contributed by atoms with van der Waals surface area (Å²) in [5.74, 6) is 0.114. The lowest BCUT2D eigenvalue weighted by Gasteiger charge is -2.44. The molecule has 2 amide bonds. The summed E-state index contributed by atoms with van der Waals surface area (Å²) < 4.78 is 11.8. The van der Waals surface area contributed by atoms with Crippen molar-refractivity contribution in [2.24, 2.45) is 5.92 Å². The molecular formula is C22H29ClN2O5. The van der Waals surface area contributed by atoms with Crippen LogP contribution in [0.4, 0.5) is 0 Å². The Balaban J connectivity index is 1.33. The molecule has 2 heterocycles. The van der Waals surface area contributed by atoms with Gasteiger partial charge in [-0.1, -0.05) is 29.8 Å². The molecule has 1 aliphatic carbocycles. The van der Waals surface area contributed by atoms with E-state index >= 15 is 0 Å². The zero-order valence-corrected chi connectivity index (χ0v) is 17.7. The molecule has 0 spiro atoms. The minimum atomic E-state index is -0.679. The molecule has 8 heteroatoms. The second kappa shape index (κ2) is 9.64.